The van der Waals surface area contributed by atoms with E-state index in [1.807, 2.05) is 44.2 Å². The maximum absolute atomic E-state index is 13.6. The van der Waals surface area contributed by atoms with Gasteiger partial charge in [0.1, 0.15) is 5.75 Å². The Morgan fingerprint density at radius 2 is 1.61 bits per heavy atom. The van der Waals surface area contributed by atoms with Gasteiger partial charge in [0, 0.05) is 19.0 Å². The van der Waals surface area contributed by atoms with Crippen molar-refractivity contribution in [3.8, 4) is 5.75 Å². The Morgan fingerprint density at radius 1 is 1.03 bits per heavy atom. The molecule has 0 fully saturated rings. The number of nitrogens with two attached hydrogens (primary N) is 1. The van der Waals surface area contributed by atoms with E-state index >= 15 is 0 Å². The molecule has 0 bridgehead atoms. The van der Waals surface area contributed by atoms with Gasteiger partial charge in [0.05, 0.1) is 29.6 Å². The molecule has 0 aliphatic carbocycles. The number of benzene rings is 2. The zero-order chi connectivity index (χ0) is 28.7. The summed E-state index contributed by atoms with van der Waals surface area (Å²) in [6.45, 7) is 8.49. The lowest BCUT2D eigenvalue weighted by atomic mass is 9.78. The highest BCUT2D eigenvalue weighted by Crippen LogP contribution is 2.27. The lowest BCUT2D eigenvalue weighted by molar-refractivity contribution is -0.138. The lowest BCUT2D eigenvalue weighted by Gasteiger charge is -2.33. The molecule has 1 unspecified atom stereocenters. The number of ether oxygens (including phenoxy) is 1. The van der Waals surface area contributed by atoms with Gasteiger partial charge >= 0.3 is 0 Å². The van der Waals surface area contributed by atoms with E-state index < -0.39 is 45.3 Å². The van der Waals surface area contributed by atoms with E-state index in [-0.39, 0.29) is 30.3 Å². The van der Waals surface area contributed by atoms with Crippen molar-refractivity contribution in [2.24, 2.45) is 23.0 Å². The number of aliphatic hydroxyl groups is 1. The molecule has 38 heavy (non-hydrogen) atoms. The highest BCUT2D eigenvalue weighted by Gasteiger charge is 2.38. The summed E-state index contributed by atoms with van der Waals surface area (Å²) >= 11 is 0. The van der Waals surface area contributed by atoms with Crippen molar-refractivity contribution in [1.29, 1.82) is 0 Å². The van der Waals surface area contributed by atoms with Crippen LogP contribution >= 0.6 is 0 Å². The summed E-state index contributed by atoms with van der Waals surface area (Å²) in [5.74, 6) is -1.34. The quantitative estimate of drug-likeness (QED) is 0.332. The topological polar surface area (TPSA) is 139 Å². The molecule has 210 valence electrons. The lowest BCUT2D eigenvalue weighted by Crippen LogP contribution is -2.54. The summed E-state index contributed by atoms with van der Waals surface area (Å²) in [7, 11) is -2.46. The number of hydrogen-bond donors (Lipinski definition) is 3. The van der Waals surface area contributed by atoms with Crippen LogP contribution in [0.5, 0.6) is 5.75 Å². The number of hydrogen-bond acceptors (Lipinski definition) is 6. The van der Waals surface area contributed by atoms with Gasteiger partial charge in [-0.2, -0.15) is 4.31 Å². The van der Waals surface area contributed by atoms with Gasteiger partial charge in [-0.15, -0.1) is 0 Å². The van der Waals surface area contributed by atoms with Crippen LogP contribution in [0.3, 0.4) is 0 Å². The van der Waals surface area contributed by atoms with Gasteiger partial charge in [0.25, 0.3) is 0 Å². The summed E-state index contributed by atoms with van der Waals surface area (Å²) in [5, 5.41) is 14.2. The standard InChI is InChI=1S/C28H41N3O6S/c1-19(2)17-31(38(35,36)23-14-12-22(37-6)13-15-23)18-25(32)24(16-21-10-8-7-9-11-21)30-26(33)20(3)28(4,5)27(29)34/h7-15,19-20,24-25,32H,16-18H2,1-6H3,(H2,29,34)(H,30,33)/t20?,24-,25+/m0/s1. The van der Waals surface area contributed by atoms with E-state index in [1.54, 1.807) is 32.9 Å². The van der Waals surface area contributed by atoms with E-state index in [0.717, 1.165) is 5.56 Å². The third-order valence-electron chi connectivity index (χ3n) is 6.86. The summed E-state index contributed by atoms with van der Waals surface area (Å²) in [6, 6.07) is 14.5. The maximum atomic E-state index is 13.6. The minimum Gasteiger partial charge on any atom is -0.497 e. The second-order valence-electron chi connectivity index (χ2n) is 10.6. The second kappa shape index (κ2) is 13.2. The van der Waals surface area contributed by atoms with Crippen LogP contribution in [0.25, 0.3) is 0 Å². The SMILES string of the molecule is COc1ccc(S(=O)(=O)N(CC(C)C)C[C@@H](O)[C@H](Cc2ccccc2)NC(=O)C(C)C(C)(C)C(N)=O)cc1. The fourth-order valence-electron chi connectivity index (χ4n) is 3.91. The van der Waals surface area contributed by atoms with Crippen molar-refractivity contribution >= 4 is 21.8 Å². The number of primary amides is 1. The van der Waals surface area contributed by atoms with Gasteiger partial charge in [-0.25, -0.2) is 8.42 Å². The predicted molar refractivity (Wildman–Crippen MR) is 147 cm³/mol. The number of carbonyl (C=O) groups is 2. The number of methoxy groups -OCH3 is 1. The van der Waals surface area contributed by atoms with Gasteiger partial charge in [0.2, 0.25) is 21.8 Å². The molecule has 2 rings (SSSR count). The molecule has 2 aromatic carbocycles. The van der Waals surface area contributed by atoms with Crippen LogP contribution in [0, 0.1) is 17.3 Å². The van der Waals surface area contributed by atoms with Crippen molar-refractivity contribution in [2.75, 3.05) is 20.2 Å². The zero-order valence-electron chi connectivity index (χ0n) is 23.0. The molecule has 0 aliphatic rings. The van der Waals surface area contributed by atoms with Crippen LogP contribution in [-0.4, -0.2) is 62.0 Å². The molecular weight excluding hydrogens is 506 g/mol. The molecule has 0 saturated carbocycles. The summed E-state index contributed by atoms with van der Waals surface area (Å²) in [4.78, 5) is 25.2. The average Bonchev–Trinajstić information content (AvgIpc) is 2.87. The molecule has 2 aromatic rings. The highest BCUT2D eigenvalue weighted by atomic mass is 32.2. The van der Waals surface area contributed by atoms with Crippen molar-refractivity contribution in [1.82, 2.24) is 9.62 Å². The molecule has 0 saturated heterocycles. The fourth-order valence-corrected chi connectivity index (χ4v) is 5.53. The monoisotopic (exact) mass is 547 g/mol. The number of rotatable bonds is 14. The zero-order valence-corrected chi connectivity index (χ0v) is 23.9. The molecule has 0 spiro atoms. The van der Waals surface area contributed by atoms with Crippen LogP contribution in [0.2, 0.25) is 0 Å². The van der Waals surface area contributed by atoms with E-state index in [2.05, 4.69) is 5.32 Å². The highest BCUT2D eigenvalue weighted by molar-refractivity contribution is 7.89. The molecule has 9 nitrogen and oxygen atoms in total. The molecule has 3 atom stereocenters. The normalized spacial score (nSPS) is 14.7. The van der Waals surface area contributed by atoms with Crippen LogP contribution in [0.15, 0.2) is 59.5 Å². The largest absolute Gasteiger partial charge is 0.497 e. The van der Waals surface area contributed by atoms with Crippen LogP contribution in [0.4, 0.5) is 0 Å². The Balaban J connectivity index is 2.37. The number of carbonyl (C=O) groups excluding carboxylic acids is 2. The summed E-state index contributed by atoms with van der Waals surface area (Å²) < 4.78 is 33.5. The molecule has 0 heterocycles. The minimum absolute atomic E-state index is 0.0197. The molecule has 0 radical (unpaired) electrons. The van der Waals surface area contributed by atoms with Gasteiger partial charge in [0.15, 0.2) is 0 Å². The summed E-state index contributed by atoms with van der Waals surface area (Å²) in [6.07, 6.45) is -0.981. The molecule has 0 aliphatic heterocycles. The van der Waals surface area contributed by atoms with Crippen molar-refractivity contribution < 1.29 is 27.9 Å². The first kappa shape index (κ1) is 31.3. The minimum atomic E-state index is -3.96. The first-order valence-corrected chi connectivity index (χ1v) is 14.1. The number of nitrogens with zero attached hydrogens (tertiary/aromatic N) is 1. The molecular formula is C28H41N3O6S. The third kappa shape index (κ3) is 8.02. The van der Waals surface area contributed by atoms with Crippen molar-refractivity contribution in [3.05, 3.63) is 60.2 Å². The van der Waals surface area contributed by atoms with Gasteiger partial charge < -0.3 is 20.9 Å². The smallest absolute Gasteiger partial charge is 0.243 e. The van der Waals surface area contributed by atoms with Crippen molar-refractivity contribution in [2.45, 2.75) is 58.1 Å². The predicted octanol–water partition coefficient (Wildman–Crippen LogP) is 2.58. The molecule has 10 heteroatoms. The molecule has 4 N–H and O–H groups in total. The molecule has 2 amide bonds. The van der Waals surface area contributed by atoms with Crippen LogP contribution < -0.4 is 15.8 Å². The van der Waals surface area contributed by atoms with E-state index in [0.29, 0.717) is 5.75 Å². The number of amides is 2. The maximum Gasteiger partial charge on any atom is 0.243 e. The Labute approximate surface area is 226 Å². The number of nitrogens with one attached hydrogen (secondary N) is 1. The van der Waals surface area contributed by atoms with E-state index in [1.165, 1.54) is 23.5 Å². The van der Waals surface area contributed by atoms with E-state index in [9.17, 15) is 23.1 Å². The first-order chi connectivity index (χ1) is 17.7. The Bertz CT molecular complexity index is 1170. The number of sulfonamides is 1. The fraction of sp³-hybridized carbons (Fsp3) is 0.500. The third-order valence-corrected chi connectivity index (χ3v) is 8.70. The number of aliphatic hydroxyl groups excluding tert-OH is 1. The molecule has 0 aromatic heterocycles. The van der Waals surface area contributed by atoms with Gasteiger partial charge in [-0.1, -0.05) is 65.0 Å². The van der Waals surface area contributed by atoms with E-state index in [4.69, 9.17) is 10.5 Å². The van der Waals surface area contributed by atoms with Gasteiger partial charge in [-0.3, -0.25) is 9.59 Å². The van der Waals surface area contributed by atoms with Crippen LogP contribution in [-0.2, 0) is 26.0 Å². The Morgan fingerprint density at radius 3 is 2.11 bits per heavy atom. The Kier molecular flexibility index (Phi) is 10.9. The Hall–Kier alpha value is -2.95. The average molecular weight is 548 g/mol. The van der Waals surface area contributed by atoms with Crippen molar-refractivity contribution in [3.63, 3.8) is 0 Å². The summed E-state index contributed by atoms with van der Waals surface area (Å²) in [5.41, 5.74) is 5.24. The van der Waals surface area contributed by atoms with Gasteiger partial charge in [-0.05, 0) is 42.2 Å². The first-order valence-electron chi connectivity index (χ1n) is 12.7. The van der Waals surface area contributed by atoms with Crippen LogP contribution in [0.1, 0.15) is 40.2 Å². The second-order valence-corrected chi connectivity index (χ2v) is 12.5.